The van der Waals surface area contributed by atoms with E-state index in [1.165, 1.54) is 0 Å². The summed E-state index contributed by atoms with van der Waals surface area (Å²) in [4.78, 5) is 10.3. The van der Waals surface area contributed by atoms with Gasteiger partial charge >= 0.3 is 0 Å². The van der Waals surface area contributed by atoms with E-state index in [1.54, 1.807) is 0 Å². The number of aryl methyl sites for hydroxylation is 1. The van der Waals surface area contributed by atoms with Crippen molar-refractivity contribution in [3.05, 3.63) is 35.5 Å². The molecule has 72 valence electrons. The fraction of sp³-hybridized carbons (Fsp3) is 0.182. The van der Waals surface area contributed by atoms with Crippen LogP contribution in [0.5, 0.6) is 0 Å². The number of fused-ring (bicyclic) bond motifs is 1. The topological polar surface area (TPSA) is 22.0 Å². The molecule has 0 N–H and O–H groups in total. The Hall–Kier alpha value is -1.28. The molecule has 2 nitrogen and oxygen atoms in total. The molecule has 0 bridgehead atoms. The molecule has 0 amide bonds. The number of hydrogen-bond acceptors (Lipinski definition) is 1. The molecule has 0 aliphatic heterocycles. The minimum Gasteiger partial charge on any atom is -0.346 e. The lowest BCUT2D eigenvalue weighted by molar-refractivity contribution is -0.108. The first-order valence-corrected chi connectivity index (χ1v) is 4.87. The van der Waals surface area contributed by atoms with Gasteiger partial charge in [-0.15, -0.1) is 0 Å². The quantitative estimate of drug-likeness (QED) is 0.710. The number of aldehydes is 1. The van der Waals surface area contributed by atoms with Gasteiger partial charge < -0.3 is 9.36 Å². The van der Waals surface area contributed by atoms with Crippen molar-refractivity contribution in [3.63, 3.8) is 0 Å². The molecule has 0 radical (unpaired) electrons. The highest BCUT2D eigenvalue weighted by molar-refractivity contribution is 6.35. The van der Waals surface area contributed by atoms with Crippen LogP contribution in [0.2, 0.25) is 5.02 Å². The molecular weight excluding hydrogens is 198 g/mol. The van der Waals surface area contributed by atoms with Crippen molar-refractivity contribution in [1.29, 1.82) is 0 Å². The molecule has 0 fully saturated rings. The summed E-state index contributed by atoms with van der Waals surface area (Å²) in [5, 5.41) is 1.78. The maximum atomic E-state index is 10.3. The zero-order valence-corrected chi connectivity index (χ0v) is 8.37. The monoisotopic (exact) mass is 207 g/mol. The molecule has 0 aliphatic carbocycles. The second-order valence-corrected chi connectivity index (χ2v) is 3.55. The number of rotatable bonds is 3. The van der Waals surface area contributed by atoms with Gasteiger partial charge in [-0.1, -0.05) is 29.8 Å². The van der Waals surface area contributed by atoms with Crippen molar-refractivity contribution >= 4 is 28.8 Å². The van der Waals surface area contributed by atoms with Gasteiger partial charge in [0, 0.05) is 30.1 Å². The lowest BCUT2D eigenvalue weighted by Gasteiger charge is -2.00. The average molecular weight is 208 g/mol. The summed E-state index contributed by atoms with van der Waals surface area (Å²) in [7, 11) is 0. The molecule has 0 spiro atoms. The van der Waals surface area contributed by atoms with Crippen molar-refractivity contribution < 1.29 is 4.79 Å². The minimum atomic E-state index is 0.523. The van der Waals surface area contributed by atoms with Crippen LogP contribution in [0.3, 0.4) is 0 Å². The van der Waals surface area contributed by atoms with Crippen molar-refractivity contribution in [2.45, 2.75) is 13.0 Å². The highest BCUT2D eigenvalue weighted by Gasteiger charge is 2.04. The summed E-state index contributed by atoms with van der Waals surface area (Å²) in [6, 6.07) is 7.91. The molecule has 1 aromatic heterocycles. The number of hydrogen-bond donors (Lipinski definition) is 0. The molecule has 0 atom stereocenters. The number of aromatic nitrogens is 1. The normalized spacial score (nSPS) is 10.6. The maximum absolute atomic E-state index is 10.3. The first-order chi connectivity index (χ1) is 6.83. The molecule has 14 heavy (non-hydrogen) atoms. The number of nitrogens with zero attached hydrogens (tertiary/aromatic N) is 1. The Kier molecular flexibility index (Phi) is 2.55. The fourth-order valence-electron chi connectivity index (χ4n) is 1.58. The van der Waals surface area contributed by atoms with Crippen LogP contribution < -0.4 is 0 Å². The third-order valence-corrected chi connectivity index (χ3v) is 2.53. The average Bonchev–Trinajstić information content (AvgIpc) is 2.54. The van der Waals surface area contributed by atoms with E-state index in [-0.39, 0.29) is 0 Å². The van der Waals surface area contributed by atoms with Crippen molar-refractivity contribution in [3.8, 4) is 0 Å². The van der Waals surface area contributed by atoms with Gasteiger partial charge in [-0.05, 0) is 6.07 Å². The van der Waals surface area contributed by atoms with Gasteiger partial charge in [0.25, 0.3) is 0 Å². The molecule has 0 saturated heterocycles. The molecule has 1 heterocycles. The van der Waals surface area contributed by atoms with E-state index in [2.05, 4.69) is 0 Å². The maximum Gasteiger partial charge on any atom is 0.121 e. The van der Waals surface area contributed by atoms with E-state index < -0.39 is 0 Å². The highest BCUT2D eigenvalue weighted by atomic mass is 35.5. The van der Waals surface area contributed by atoms with E-state index in [4.69, 9.17) is 11.6 Å². The standard InChI is InChI=1S/C11H10ClNO/c12-10-8-13(6-3-7-14)11-5-2-1-4-9(10)11/h1-2,4-5,7-8H,3,6H2. The molecule has 0 unspecified atom stereocenters. The van der Waals surface area contributed by atoms with Crippen LogP contribution >= 0.6 is 11.6 Å². The fourth-order valence-corrected chi connectivity index (χ4v) is 1.86. The summed E-state index contributed by atoms with van der Waals surface area (Å²) in [6.07, 6.45) is 3.31. The second-order valence-electron chi connectivity index (χ2n) is 3.14. The number of carbonyl (C=O) groups is 1. The Morgan fingerprint density at radius 1 is 1.36 bits per heavy atom. The third kappa shape index (κ3) is 1.53. The van der Waals surface area contributed by atoms with Crippen LogP contribution in [0.1, 0.15) is 6.42 Å². The van der Waals surface area contributed by atoms with Gasteiger partial charge in [-0.3, -0.25) is 0 Å². The minimum absolute atomic E-state index is 0.523. The van der Waals surface area contributed by atoms with Gasteiger partial charge in [0.2, 0.25) is 0 Å². The Balaban J connectivity index is 2.49. The van der Waals surface area contributed by atoms with E-state index in [0.29, 0.717) is 13.0 Å². The predicted molar refractivity (Wildman–Crippen MR) is 57.6 cm³/mol. The summed E-state index contributed by atoms with van der Waals surface area (Å²) < 4.78 is 2.01. The lowest BCUT2D eigenvalue weighted by Crippen LogP contribution is -1.95. The van der Waals surface area contributed by atoms with E-state index >= 15 is 0 Å². The number of para-hydroxylation sites is 1. The van der Waals surface area contributed by atoms with Gasteiger partial charge in [-0.2, -0.15) is 0 Å². The molecule has 2 rings (SSSR count). The molecule has 0 aliphatic rings. The van der Waals surface area contributed by atoms with Crippen LogP contribution in [0, 0.1) is 0 Å². The van der Waals surface area contributed by atoms with Gasteiger partial charge in [-0.25, -0.2) is 0 Å². The SMILES string of the molecule is O=CCCn1cc(Cl)c2ccccc21. The zero-order valence-electron chi connectivity index (χ0n) is 7.61. The molecule has 3 heteroatoms. The first kappa shape index (κ1) is 9.28. The molecule has 0 saturated carbocycles. The Morgan fingerprint density at radius 2 is 2.14 bits per heavy atom. The van der Waals surface area contributed by atoms with E-state index in [9.17, 15) is 4.79 Å². The summed E-state index contributed by atoms with van der Waals surface area (Å²) >= 11 is 6.05. The third-order valence-electron chi connectivity index (χ3n) is 2.23. The zero-order chi connectivity index (χ0) is 9.97. The van der Waals surface area contributed by atoms with Crippen LogP contribution in [0.25, 0.3) is 10.9 Å². The molecular formula is C11H10ClNO. The molecule has 1 aromatic carbocycles. The smallest absolute Gasteiger partial charge is 0.121 e. The Labute approximate surface area is 87.1 Å². The first-order valence-electron chi connectivity index (χ1n) is 4.50. The largest absolute Gasteiger partial charge is 0.346 e. The summed E-state index contributed by atoms with van der Waals surface area (Å²) in [5.74, 6) is 0. The summed E-state index contributed by atoms with van der Waals surface area (Å²) in [6.45, 7) is 0.691. The van der Waals surface area contributed by atoms with Crippen molar-refractivity contribution in [1.82, 2.24) is 4.57 Å². The van der Waals surface area contributed by atoms with Crippen molar-refractivity contribution in [2.75, 3.05) is 0 Å². The van der Waals surface area contributed by atoms with E-state index in [0.717, 1.165) is 22.2 Å². The number of carbonyl (C=O) groups excluding carboxylic acids is 1. The van der Waals surface area contributed by atoms with Gasteiger partial charge in [0.15, 0.2) is 0 Å². The lowest BCUT2D eigenvalue weighted by atomic mass is 10.2. The number of halogens is 1. The Bertz CT molecular complexity index is 461. The van der Waals surface area contributed by atoms with E-state index in [1.807, 2.05) is 35.0 Å². The van der Waals surface area contributed by atoms with Crippen molar-refractivity contribution in [2.24, 2.45) is 0 Å². The molecule has 2 aromatic rings. The predicted octanol–water partition coefficient (Wildman–Crippen LogP) is 2.88. The van der Waals surface area contributed by atoms with Crippen LogP contribution in [-0.2, 0) is 11.3 Å². The van der Waals surface area contributed by atoms with Crippen LogP contribution in [-0.4, -0.2) is 10.9 Å². The van der Waals surface area contributed by atoms with Crippen LogP contribution in [0.4, 0.5) is 0 Å². The summed E-state index contributed by atoms with van der Waals surface area (Å²) in [5.41, 5.74) is 1.08. The van der Waals surface area contributed by atoms with Gasteiger partial charge in [0.1, 0.15) is 6.29 Å². The second kappa shape index (κ2) is 3.84. The Morgan fingerprint density at radius 3 is 2.93 bits per heavy atom. The number of benzene rings is 1. The van der Waals surface area contributed by atoms with Gasteiger partial charge in [0.05, 0.1) is 5.02 Å². The highest BCUT2D eigenvalue weighted by Crippen LogP contribution is 2.25. The van der Waals surface area contributed by atoms with Crippen LogP contribution in [0.15, 0.2) is 30.5 Å².